The Kier molecular flexibility index (Phi) is 4.90. The molecule has 0 aliphatic carbocycles. The second-order valence-corrected chi connectivity index (χ2v) is 5.97. The number of anilines is 1. The molecule has 1 aromatic carbocycles. The summed E-state index contributed by atoms with van der Waals surface area (Å²) in [5, 5.41) is 3.57. The van der Waals surface area contributed by atoms with Crippen LogP contribution >= 0.6 is 39.1 Å². The van der Waals surface area contributed by atoms with E-state index in [0.29, 0.717) is 22.1 Å². The monoisotopic (exact) mass is 400 g/mol. The molecule has 0 spiro atoms. The maximum atomic E-state index is 13.0. The van der Waals surface area contributed by atoms with Gasteiger partial charge in [0, 0.05) is 22.1 Å². The van der Waals surface area contributed by atoms with E-state index >= 15 is 0 Å². The van der Waals surface area contributed by atoms with Gasteiger partial charge in [0.2, 0.25) is 0 Å². The average molecular weight is 402 g/mol. The second-order valence-electron chi connectivity index (χ2n) is 4.36. The third kappa shape index (κ3) is 3.38. The van der Waals surface area contributed by atoms with E-state index in [0.717, 1.165) is 12.5 Å². The first kappa shape index (κ1) is 16.6. The number of halogens is 6. The van der Waals surface area contributed by atoms with Crippen LogP contribution in [0.25, 0.3) is 10.9 Å². The number of nitrogens with zero attached hydrogens (tertiary/aromatic N) is 1. The summed E-state index contributed by atoms with van der Waals surface area (Å²) in [6.07, 6.45) is -3.78. The second kappa shape index (κ2) is 6.18. The lowest BCUT2D eigenvalue weighted by Crippen LogP contribution is -2.10. The normalized spacial score (nSPS) is 12.0. The quantitative estimate of drug-likeness (QED) is 0.624. The van der Waals surface area contributed by atoms with Gasteiger partial charge in [0.05, 0.1) is 15.6 Å². The van der Waals surface area contributed by atoms with E-state index in [2.05, 4.69) is 26.2 Å². The largest absolute Gasteiger partial charge is 0.433 e. The van der Waals surface area contributed by atoms with Gasteiger partial charge < -0.3 is 5.32 Å². The Bertz CT molecular complexity index is 689. The van der Waals surface area contributed by atoms with E-state index in [4.69, 9.17) is 23.2 Å². The first-order valence-corrected chi connectivity index (χ1v) is 7.60. The van der Waals surface area contributed by atoms with Crippen molar-refractivity contribution in [3.8, 4) is 0 Å². The molecule has 1 N–H and O–H groups in total. The van der Waals surface area contributed by atoms with Crippen LogP contribution in [-0.4, -0.2) is 11.5 Å². The van der Waals surface area contributed by atoms with Crippen LogP contribution in [-0.2, 0) is 6.18 Å². The first-order valence-electron chi connectivity index (χ1n) is 6.05. The van der Waals surface area contributed by atoms with Crippen molar-refractivity contribution in [2.45, 2.75) is 19.5 Å². The van der Waals surface area contributed by atoms with Crippen LogP contribution in [0.15, 0.2) is 16.6 Å². The SMILES string of the molecule is CCCNc1cc(C(F)(F)F)nc2c(Cl)c(Cl)c(Br)cc12. The minimum Gasteiger partial charge on any atom is -0.384 e. The summed E-state index contributed by atoms with van der Waals surface area (Å²) in [5.41, 5.74) is -0.652. The lowest BCUT2D eigenvalue weighted by molar-refractivity contribution is -0.140. The fraction of sp³-hybridized carbons (Fsp3) is 0.308. The number of benzene rings is 1. The zero-order valence-electron chi connectivity index (χ0n) is 10.8. The van der Waals surface area contributed by atoms with Gasteiger partial charge >= 0.3 is 6.18 Å². The molecule has 2 nitrogen and oxygen atoms in total. The van der Waals surface area contributed by atoms with Crippen LogP contribution in [0.3, 0.4) is 0 Å². The van der Waals surface area contributed by atoms with Crippen molar-refractivity contribution < 1.29 is 13.2 Å². The molecule has 2 aromatic rings. The molecule has 8 heteroatoms. The summed E-state index contributed by atoms with van der Waals surface area (Å²) in [6, 6.07) is 2.59. The number of hydrogen-bond acceptors (Lipinski definition) is 2. The highest BCUT2D eigenvalue weighted by Crippen LogP contribution is 2.41. The van der Waals surface area contributed by atoms with Crippen molar-refractivity contribution in [3.05, 3.63) is 32.3 Å². The molecule has 0 fully saturated rings. The predicted octanol–water partition coefficient (Wildman–Crippen LogP) is 6.14. The number of pyridine rings is 1. The van der Waals surface area contributed by atoms with Crippen molar-refractivity contribution in [3.63, 3.8) is 0 Å². The number of aromatic nitrogens is 1. The van der Waals surface area contributed by atoms with Crippen LogP contribution in [0.4, 0.5) is 18.9 Å². The van der Waals surface area contributed by atoms with Gasteiger partial charge in [0.15, 0.2) is 0 Å². The molecule has 114 valence electrons. The lowest BCUT2D eigenvalue weighted by atomic mass is 10.1. The fourth-order valence-electron chi connectivity index (χ4n) is 1.82. The summed E-state index contributed by atoms with van der Waals surface area (Å²) < 4.78 is 39.4. The molecule has 0 aliphatic rings. The van der Waals surface area contributed by atoms with Crippen LogP contribution < -0.4 is 5.32 Å². The molecular weight excluding hydrogens is 392 g/mol. The Morgan fingerprint density at radius 3 is 2.48 bits per heavy atom. The first-order chi connectivity index (χ1) is 9.75. The third-order valence-electron chi connectivity index (χ3n) is 2.80. The molecule has 0 saturated heterocycles. The summed E-state index contributed by atoms with van der Waals surface area (Å²) >= 11 is 15.2. The summed E-state index contributed by atoms with van der Waals surface area (Å²) in [5.74, 6) is 0. The standard InChI is InChI=1S/C13H10BrCl2F3N2/c1-2-3-20-8-5-9(13(17,18)19)21-12-6(8)4-7(14)10(15)11(12)16/h4-5H,2-3H2,1H3,(H,20,21). The molecule has 0 saturated carbocycles. The maximum Gasteiger partial charge on any atom is 0.433 e. The Hall–Kier alpha value is -0.720. The molecule has 0 atom stereocenters. The highest BCUT2D eigenvalue weighted by Gasteiger charge is 2.34. The predicted molar refractivity (Wildman–Crippen MR) is 83.2 cm³/mol. The molecule has 1 aromatic heterocycles. The third-order valence-corrected chi connectivity index (χ3v) is 4.51. The molecule has 0 unspecified atom stereocenters. The van der Waals surface area contributed by atoms with Crippen LogP contribution in [0.1, 0.15) is 19.0 Å². The van der Waals surface area contributed by atoms with E-state index in [1.807, 2.05) is 6.92 Å². The van der Waals surface area contributed by atoms with Gasteiger partial charge in [-0.25, -0.2) is 4.98 Å². The molecular formula is C13H10BrCl2F3N2. The smallest absolute Gasteiger partial charge is 0.384 e. The zero-order valence-corrected chi connectivity index (χ0v) is 13.9. The van der Waals surface area contributed by atoms with Gasteiger partial charge in [0.25, 0.3) is 0 Å². The lowest BCUT2D eigenvalue weighted by Gasteiger charge is -2.15. The molecule has 1 heterocycles. The van der Waals surface area contributed by atoms with Crippen molar-refractivity contribution in [2.24, 2.45) is 0 Å². The summed E-state index contributed by atoms with van der Waals surface area (Å²) in [7, 11) is 0. The summed E-state index contributed by atoms with van der Waals surface area (Å²) in [6.45, 7) is 2.45. The fourth-order valence-corrected chi connectivity index (χ4v) is 2.75. The van der Waals surface area contributed by atoms with Gasteiger partial charge in [-0.3, -0.25) is 0 Å². The molecule has 0 bridgehead atoms. The summed E-state index contributed by atoms with van der Waals surface area (Å²) in [4.78, 5) is 3.61. The van der Waals surface area contributed by atoms with E-state index in [-0.39, 0.29) is 15.6 Å². The van der Waals surface area contributed by atoms with Gasteiger partial charge in [-0.2, -0.15) is 13.2 Å². The number of nitrogens with one attached hydrogen (secondary N) is 1. The molecule has 0 aliphatic heterocycles. The van der Waals surface area contributed by atoms with Crippen LogP contribution in [0.5, 0.6) is 0 Å². The Balaban J connectivity index is 2.78. The van der Waals surface area contributed by atoms with Crippen LogP contribution in [0.2, 0.25) is 10.0 Å². The zero-order chi connectivity index (χ0) is 15.8. The van der Waals surface area contributed by atoms with E-state index in [9.17, 15) is 13.2 Å². The van der Waals surface area contributed by atoms with E-state index in [1.54, 1.807) is 6.07 Å². The Morgan fingerprint density at radius 2 is 1.90 bits per heavy atom. The Morgan fingerprint density at radius 1 is 1.24 bits per heavy atom. The van der Waals surface area contributed by atoms with Crippen LogP contribution in [0, 0.1) is 0 Å². The number of alkyl halides is 3. The van der Waals surface area contributed by atoms with E-state index < -0.39 is 11.9 Å². The molecule has 0 radical (unpaired) electrons. The minimum absolute atomic E-state index is 0.00769. The van der Waals surface area contributed by atoms with Crippen molar-refractivity contribution >= 4 is 55.7 Å². The highest BCUT2D eigenvalue weighted by atomic mass is 79.9. The molecule has 0 amide bonds. The van der Waals surface area contributed by atoms with Gasteiger partial charge in [-0.15, -0.1) is 0 Å². The van der Waals surface area contributed by atoms with Gasteiger partial charge in [0.1, 0.15) is 5.69 Å². The van der Waals surface area contributed by atoms with E-state index in [1.165, 1.54) is 0 Å². The average Bonchev–Trinajstić information content (AvgIpc) is 2.41. The van der Waals surface area contributed by atoms with Gasteiger partial charge in [-0.05, 0) is 34.5 Å². The number of fused-ring (bicyclic) bond motifs is 1. The van der Waals surface area contributed by atoms with Crippen molar-refractivity contribution in [1.29, 1.82) is 0 Å². The van der Waals surface area contributed by atoms with Gasteiger partial charge in [-0.1, -0.05) is 30.1 Å². The Labute approximate surface area is 137 Å². The van der Waals surface area contributed by atoms with Crippen molar-refractivity contribution in [2.75, 3.05) is 11.9 Å². The topological polar surface area (TPSA) is 24.9 Å². The minimum atomic E-state index is -4.56. The van der Waals surface area contributed by atoms with Crippen molar-refractivity contribution in [1.82, 2.24) is 4.98 Å². The number of rotatable bonds is 3. The molecule has 21 heavy (non-hydrogen) atoms. The number of hydrogen-bond donors (Lipinski definition) is 1. The highest BCUT2D eigenvalue weighted by molar-refractivity contribution is 9.10. The maximum absolute atomic E-state index is 13.0. The molecule has 2 rings (SSSR count).